The molecule has 0 saturated carbocycles. The van der Waals surface area contributed by atoms with Gasteiger partial charge in [0.1, 0.15) is 18.1 Å². The fourth-order valence-corrected chi connectivity index (χ4v) is 4.10. The van der Waals surface area contributed by atoms with E-state index in [4.69, 9.17) is 20.9 Å². The maximum Gasteiger partial charge on any atom is 0.251 e. The van der Waals surface area contributed by atoms with Crippen LogP contribution in [0.25, 0.3) is 0 Å². The van der Waals surface area contributed by atoms with Gasteiger partial charge >= 0.3 is 0 Å². The number of carbonyl (C=O) groups is 1. The highest BCUT2D eigenvalue weighted by molar-refractivity contribution is 7.89. The first-order valence-electron chi connectivity index (χ1n) is 9.44. The van der Waals surface area contributed by atoms with Crippen LogP contribution in [-0.4, -0.2) is 32.6 Å². The van der Waals surface area contributed by atoms with E-state index in [0.29, 0.717) is 22.1 Å². The van der Waals surface area contributed by atoms with Gasteiger partial charge in [0.25, 0.3) is 5.91 Å². The molecule has 3 rings (SSSR count). The molecule has 2 N–H and O–H groups in total. The number of aryl methyl sites for hydroxylation is 2. The van der Waals surface area contributed by atoms with Gasteiger partial charge < -0.3 is 14.6 Å². The van der Waals surface area contributed by atoms with Crippen molar-refractivity contribution in [1.82, 2.24) is 15.2 Å². The van der Waals surface area contributed by atoms with Crippen LogP contribution in [0.2, 0.25) is 5.02 Å². The standard InChI is InChI=1S/C21H22ClN3O5S/c1-14-20(15(2)30-25-14)13-29-18-7-3-5-16(11-18)21(26)23-9-10-24-31(27,28)19-8-4-6-17(22)12-19/h3-8,11-12,24H,9-10,13H2,1-2H3,(H,23,26). The Balaban J connectivity index is 1.51. The second-order valence-corrected chi connectivity index (χ2v) is 8.93. The van der Waals surface area contributed by atoms with Crippen molar-refractivity contribution in [3.05, 3.63) is 76.1 Å². The predicted octanol–water partition coefficient (Wildman–Crippen LogP) is 3.23. The van der Waals surface area contributed by atoms with Crippen molar-refractivity contribution < 1.29 is 22.5 Å². The summed E-state index contributed by atoms with van der Waals surface area (Å²) in [6.07, 6.45) is 0. The van der Waals surface area contributed by atoms with Gasteiger partial charge in [0.05, 0.1) is 16.2 Å². The molecule has 0 unspecified atom stereocenters. The van der Waals surface area contributed by atoms with E-state index in [1.807, 2.05) is 13.8 Å². The number of halogens is 1. The second kappa shape index (κ2) is 9.95. The monoisotopic (exact) mass is 463 g/mol. The van der Waals surface area contributed by atoms with Crippen LogP contribution in [0.5, 0.6) is 5.75 Å². The zero-order valence-corrected chi connectivity index (χ0v) is 18.6. The maximum absolute atomic E-state index is 12.4. The Bertz CT molecular complexity index is 1160. The van der Waals surface area contributed by atoms with Gasteiger partial charge in [-0.2, -0.15) is 0 Å². The minimum absolute atomic E-state index is 0.0306. The molecule has 0 aliphatic rings. The zero-order valence-electron chi connectivity index (χ0n) is 17.0. The van der Waals surface area contributed by atoms with Crippen LogP contribution in [0.15, 0.2) is 57.9 Å². The highest BCUT2D eigenvalue weighted by Crippen LogP contribution is 2.19. The largest absolute Gasteiger partial charge is 0.489 e. The van der Waals surface area contributed by atoms with E-state index >= 15 is 0 Å². The van der Waals surface area contributed by atoms with Crippen LogP contribution >= 0.6 is 11.6 Å². The third-order valence-corrected chi connectivity index (χ3v) is 6.16. The molecule has 0 aliphatic carbocycles. The summed E-state index contributed by atoms with van der Waals surface area (Å²) in [5.41, 5.74) is 2.02. The lowest BCUT2D eigenvalue weighted by Gasteiger charge is -2.10. The van der Waals surface area contributed by atoms with Crippen molar-refractivity contribution in [3.63, 3.8) is 0 Å². The highest BCUT2D eigenvalue weighted by Gasteiger charge is 2.14. The summed E-state index contributed by atoms with van der Waals surface area (Å²) in [6, 6.07) is 12.7. The first-order valence-corrected chi connectivity index (χ1v) is 11.3. The molecule has 1 amide bonds. The third kappa shape index (κ3) is 6.06. The predicted molar refractivity (Wildman–Crippen MR) is 116 cm³/mol. The van der Waals surface area contributed by atoms with Crippen LogP contribution in [0.4, 0.5) is 0 Å². The third-order valence-electron chi connectivity index (χ3n) is 4.47. The van der Waals surface area contributed by atoms with Crippen molar-refractivity contribution >= 4 is 27.5 Å². The van der Waals surface area contributed by atoms with Crippen LogP contribution < -0.4 is 14.8 Å². The molecule has 1 heterocycles. The van der Waals surface area contributed by atoms with Crippen LogP contribution in [-0.2, 0) is 16.6 Å². The van der Waals surface area contributed by atoms with Gasteiger partial charge in [-0.1, -0.05) is 28.9 Å². The van der Waals surface area contributed by atoms with Gasteiger partial charge in [-0.15, -0.1) is 0 Å². The van der Waals surface area contributed by atoms with Crippen molar-refractivity contribution in [2.24, 2.45) is 0 Å². The number of benzene rings is 2. The SMILES string of the molecule is Cc1noc(C)c1COc1cccc(C(=O)NCCNS(=O)(=O)c2cccc(Cl)c2)c1. The van der Waals surface area contributed by atoms with Crippen molar-refractivity contribution in [2.45, 2.75) is 25.3 Å². The molecule has 0 bridgehead atoms. The minimum atomic E-state index is -3.71. The molecule has 8 nitrogen and oxygen atoms in total. The van der Waals surface area contributed by atoms with Crippen molar-refractivity contribution in [3.8, 4) is 5.75 Å². The molecule has 0 radical (unpaired) electrons. The Hall–Kier alpha value is -2.88. The molecule has 2 aromatic carbocycles. The number of carbonyl (C=O) groups excluding carboxylic acids is 1. The molecule has 0 fully saturated rings. The topological polar surface area (TPSA) is 111 Å². The summed E-state index contributed by atoms with van der Waals surface area (Å²) in [7, 11) is -3.71. The molecule has 0 atom stereocenters. The van der Waals surface area contributed by atoms with E-state index in [1.165, 1.54) is 12.1 Å². The van der Waals surface area contributed by atoms with Gasteiger partial charge in [0.15, 0.2) is 0 Å². The summed E-state index contributed by atoms with van der Waals surface area (Å²) in [4.78, 5) is 12.5. The number of rotatable bonds is 9. The Labute approximate surface area is 185 Å². The summed E-state index contributed by atoms with van der Waals surface area (Å²) in [6.45, 7) is 4.06. The van der Waals surface area contributed by atoms with Crippen molar-refractivity contribution in [2.75, 3.05) is 13.1 Å². The molecular formula is C21H22ClN3O5S. The maximum atomic E-state index is 12.4. The first-order chi connectivity index (χ1) is 14.8. The number of sulfonamides is 1. The molecule has 0 spiro atoms. The van der Waals surface area contributed by atoms with Crippen LogP contribution in [0.1, 0.15) is 27.4 Å². The lowest BCUT2D eigenvalue weighted by atomic mass is 10.2. The van der Waals surface area contributed by atoms with E-state index in [0.717, 1.165) is 11.3 Å². The van der Waals surface area contributed by atoms with E-state index in [1.54, 1.807) is 36.4 Å². The summed E-state index contributed by atoms with van der Waals surface area (Å²) >= 11 is 5.83. The fourth-order valence-electron chi connectivity index (χ4n) is 2.77. The Morgan fingerprint density at radius 2 is 1.90 bits per heavy atom. The quantitative estimate of drug-likeness (QED) is 0.471. The molecule has 1 aromatic heterocycles. The molecule has 31 heavy (non-hydrogen) atoms. The molecule has 164 valence electrons. The molecule has 0 aliphatic heterocycles. The lowest BCUT2D eigenvalue weighted by Crippen LogP contribution is -2.34. The summed E-state index contributed by atoms with van der Waals surface area (Å²) < 4.78 is 37.8. The molecule has 3 aromatic rings. The lowest BCUT2D eigenvalue weighted by molar-refractivity contribution is 0.0954. The van der Waals surface area contributed by atoms with Gasteiger partial charge in [-0.05, 0) is 50.2 Å². The molecule has 0 saturated heterocycles. The number of nitrogens with zero attached hydrogens (tertiary/aromatic N) is 1. The average molecular weight is 464 g/mol. The first kappa shape index (κ1) is 22.8. The Morgan fingerprint density at radius 1 is 1.13 bits per heavy atom. The average Bonchev–Trinajstić information content (AvgIpc) is 3.07. The Morgan fingerprint density at radius 3 is 2.61 bits per heavy atom. The van der Waals surface area contributed by atoms with E-state index in [2.05, 4.69) is 15.2 Å². The number of hydrogen-bond acceptors (Lipinski definition) is 6. The minimum Gasteiger partial charge on any atom is -0.489 e. The van der Waals surface area contributed by atoms with E-state index in [-0.39, 0.29) is 30.5 Å². The fraction of sp³-hybridized carbons (Fsp3) is 0.238. The van der Waals surface area contributed by atoms with E-state index < -0.39 is 10.0 Å². The molecule has 10 heteroatoms. The number of aromatic nitrogens is 1. The highest BCUT2D eigenvalue weighted by atomic mass is 35.5. The van der Waals surface area contributed by atoms with Crippen LogP contribution in [0, 0.1) is 13.8 Å². The Kier molecular flexibility index (Phi) is 7.32. The second-order valence-electron chi connectivity index (χ2n) is 6.73. The number of amides is 1. The number of hydrogen-bond donors (Lipinski definition) is 2. The summed E-state index contributed by atoms with van der Waals surface area (Å²) in [5.74, 6) is 0.866. The number of nitrogens with one attached hydrogen (secondary N) is 2. The normalized spacial score (nSPS) is 11.3. The van der Waals surface area contributed by atoms with Crippen molar-refractivity contribution in [1.29, 1.82) is 0 Å². The smallest absolute Gasteiger partial charge is 0.251 e. The summed E-state index contributed by atoms with van der Waals surface area (Å²) in [5, 5.41) is 6.89. The van der Waals surface area contributed by atoms with Gasteiger partial charge in [-0.3, -0.25) is 4.79 Å². The van der Waals surface area contributed by atoms with E-state index in [9.17, 15) is 13.2 Å². The van der Waals surface area contributed by atoms with Gasteiger partial charge in [0, 0.05) is 23.7 Å². The zero-order chi connectivity index (χ0) is 22.4. The van der Waals surface area contributed by atoms with Gasteiger partial charge in [-0.25, -0.2) is 13.1 Å². The van der Waals surface area contributed by atoms with Crippen LogP contribution in [0.3, 0.4) is 0 Å². The number of ether oxygens (including phenoxy) is 1. The van der Waals surface area contributed by atoms with Gasteiger partial charge in [0.2, 0.25) is 10.0 Å². The molecular weight excluding hydrogens is 442 g/mol.